The summed E-state index contributed by atoms with van der Waals surface area (Å²) in [6.45, 7) is 5.97. The Morgan fingerprint density at radius 1 is 1.33 bits per heavy atom. The van der Waals surface area contributed by atoms with Crippen molar-refractivity contribution in [3.63, 3.8) is 0 Å². The molecule has 2 aromatic rings. The largest absolute Gasteiger partial charge is 0.353 e. The van der Waals surface area contributed by atoms with Crippen molar-refractivity contribution in [2.75, 3.05) is 6.54 Å². The zero-order valence-corrected chi connectivity index (χ0v) is 12.5. The third kappa shape index (κ3) is 3.60. The van der Waals surface area contributed by atoms with Gasteiger partial charge < -0.3 is 9.88 Å². The second-order valence-corrected chi connectivity index (χ2v) is 4.98. The van der Waals surface area contributed by atoms with Gasteiger partial charge in [-0.1, -0.05) is 18.2 Å². The number of halogens is 1. The smallest absolute Gasteiger partial charge is 0.217 e. The van der Waals surface area contributed by atoms with Crippen LogP contribution in [0.15, 0.2) is 36.4 Å². The molecule has 3 nitrogen and oxygen atoms in total. The van der Waals surface area contributed by atoms with E-state index in [2.05, 4.69) is 5.32 Å². The fraction of sp³-hybridized carbons (Fsp3) is 0.235. The third-order valence-corrected chi connectivity index (χ3v) is 3.30. The number of benzene rings is 1. The molecule has 1 heterocycles. The maximum Gasteiger partial charge on any atom is 0.217 e. The van der Waals surface area contributed by atoms with E-state index in [1.54, 1.807) is 6.07 Å². The minimum atomic E-state index is -0.247. The van der Waals surface area contributed by atoms with Crippen LogP contribution in [-0.2, 0) is 4.79 Å². The number of hydrogen-bond donors (Lipinski definition) is 1. The predicted molar refractivity (Wildman–Crippen MR) is 82.9 cm³/mol. The molecule has 2 rings (SSSR count). The summed E-state index contributed by atoms with van der Waals surface area (Å²) in [7, 11) is 0. The monoisotopic (exact) mass is 286 g/mol. The van der Waals surface area contributed by atoms with Gasteiger partial charge >= 0.3 is 0 Å². The SMILES string of the molecule is CC(=O)NCC=Cc1cc(C)n(-c2cccc(F)c2)c1C. The molecule has 4 heteroatoms. The molecule has 0 aliphatic heterocycles. The summed E-state index contributed by atoms with van der Waals surface area (Å²) < 4.78 is 15.4. The van der Waals surface area contributed by atoms with Gasteiger partial charge in [-0.15, -0.1) is 0 Å². The predicted octanol–water partition coefficient (Wildman–Crippen LogP) is 3.38. The number of rotatable bonds is 4. The van der Waals surface area contributed by atoms with Gasteiger partial charge in [0.2, 0.25) is 5.91 Å². The highest BCUT2D eigenvalue weighted by atomic mass is 19.1. The van der Waals surface area contributed by atoms with Gasteiger partial charge in [-0.2, -0.15) is 0 Å². The molecule has 0 unspecified atom stereocenters. The Hall–Kier alpha value is -2.36. The minimum absolute atomic E-state index is 0.0510. The molecule has 1 amide bonds. The molecule has 1 aromatic heterocycles. The lowest BCUT2D eigenvalue weighted by atomic mass is 10.2. The van der Waals surface area contributed by atoms with Crippen LogP contribution >= 0.6 is 0 Å². The Morgan fingerprint density at radius 2 is 2.10 bits per heavy atom. The molecule has 0 aliphatic rings. The van der Waals surface area contributed by atoms with Gasteiger partial charge in [0, 0.05) is 30.5 Å². The maximum atomic E-state index is 13.4. The van der Waals surface area contributed by atoms with Crippen LogP contribution < -0.4 is 5.32 Å². The number of carbonyl (C=O) groups excluding carboxylic acids is 1. The molecule has 0 atom stereocenters. The first-order chi connectivity index (χ1) is 9.99. The van der Waals surface area contributed by atoms with Crippen LogP contribution in [0.5, 0.6) is 0 Å². The second kappa shape index (κ2) is 6.39. The van der Waals surface area contributed by atoms with Crippen LogP contribution in [-0.4, -0.2) is 17.0 Å². The molecule has 21 heavy (non-hydrogen) atoms. The number of aryl methyl sites for hydroxylation is 1. The van der Waals surface area contributed by atoms with E-state index in [9.17, 15) is 9.18 Å². The third-order valence-electron chi connectivity index (χ3n) is 3.30. The molecule has 0 saturated carbocycles. The van der Waals surface area contributed by atoms with E-state index in [0.717, 1.165) is 22.6 Å². The quantitative estimate of drug-likeness (QED) is 0.918. The van der Waals surface area contributed by atoms with Crippen LogP contribution in [0, 0.1) is 19.7 Å². The highest BCUT2D eigenvalue weighted by molar-refractivity contribution is 5.73. The highest BCUT2D eigenvalue weighted by Crippen LogP contribution is 2.22. The van der Waals surface area contributed by atoms with Crippen molar-refractivity contribution >= 4 is 12.0 Å². The Kier molecular flexibility index (Phi) is 4.58. The summed E-state index contributed by atoms with van der Waals surface area (Å²) >= 11 is 0. The molecule has 0 aliphatic carbocycles. The van der Waals surface area contributed by atoms with E-state index in [1.165, 1.54) is 19.1 Å². The van der Waals surface area contributed by atoms with Gasteiger partial charge in [0.25, 0.3) is 0 Å². The lowest BCUT2D eigenvalue weighted by Crippen LogP contribution is -2.19. The van der Waals surface area contributed by atoms with E-state index < -0.39 is 0 Å². The molecule has 0 spiro atoms. The number of carbonyl (C=O) groups is 1. The molecule has 0 radical (unpaired) electrons. The number of hydrogen-bond acceptors (Lipinski definition) is 1. The highest BCUT2D eigenvalue weighted by Gasteiger charge is 2.09. The summed E-state index contributed by atoms with van der Waals surface area (Å²) in [6, 6.07) is 8.59. The van der Waals surface area contributed by atoms with E-state index in [0.29, 0.717) is 6.54 Å². The zero-order valence-electron chi connectivity index (χ0n) is 12.5. The van der Waals surface area contributed by atoms with Gasteiger partial charge in [-0.3, -0.25) is 4.79 Å². The Bertz CT molecular complexity index is 686. The van der Waals surface area contributed by atoms with Gasteiger partial charge in [-0.05, 0) is 43.7 Å². The van der Waals surface area contributed by atoms with Crippen molar-refractivity contribution in [2.45, 2.75) is 20.8 Å². The van der Waals surface area contributed by atoms with Gasteiger partial charge in [0.1, 0.15) is 5.82 Å². The average molecular weight is 286 g/mol. The van der Waals surface area contributed by atoms with Crippen LogP contribution in [0.3, 0.4) is 0 Å². The summed E-state index contributed by atoms with van der Waals surface area (Å²) in [5.41, 5.74) is 3.95. The zero-order chi connectivity index (χ0) is 15.4. The number of nitrogens with zero attached hydrogens (tertiary/aromatic N) is 1. The lowest BCUT2D eigenvalue weighted by molar-refractivity contribution is -0.118. The van der Waals surface area contributed by atoms with Crippen LogP contribution in [0.2, 0.25) is 0 Å². The first-order valence-electron chi connectivity index (χ1n) is 6.85. The van der Waals surface area contributed by atoms with Gasteiger partial charge in [0.15, 0.2) is 0 Å². The van der Waals surface area contributed by atoms with Gasteiger partial charge in [-0.25, -0.2) is 4.39 Å². The molecule has 0 saturated heterocycles. The van der Waals surface area contributed by atoms with Crippen molar-refractivity contribution < 1.29 is 9.18 Å². The number of nitrogens with one attached hydrogen (secondary N) is 1. The lowest BCUT2D eigenvalue weighted by Gasteiger charge is -2.09. The fourth-order valence-corrected chi connectivity index (χ4v) is 2.36. The van der Waals surface area contributed by atoms with Crippen LogP contribution in [0.1, 0.15) is 23.9 Å². The number of amides is 1. The van der Waals surface area contributed by atoms with Crippen LogP contribution in [0.4, 0.5) is 4.39 Å². The Labute approximate surface area is 124 Å². The molecule has 0 fully saturated rings. The summed E-state index contributed by atoms with van der Waals surface area (Å²) in [5.74, 6) is -0.298. The summed E-state index contributed by atoms with van der Waals surface area (Å²) in [6.07, 6.45) is 3.87. The topological polar surface area (TPSA) is 34.0 Å². The second-order valence-electron chi connectivity index (χ2n) is 4.98. The van der Waals surface area contributed by atoms with Crippen molar-refractivity contribution in [3.8, 4) is 5.69 Å². The van der Waals surface area contributed by atoms with Gasteiger partial charge in [0.05, 0.1) is 0 Å². The molecule has 0 bridgehead atoms. The van der Waals surface area contributed by atoms with Crippen molar-refractivity contribution in [1.82, 2.24) is 9.88 Å². The average Bonchev–Trinajstić information content (AvgIpc) is 2.69. The first-order valence-corrected chi connectivity index (χ1v) is 6.85. The minimum Gasteiger partial charge on any atom is -0.353 e. The Balaban J connectivity index is 2.27. The Morgan fingerprint density at radius 3 is 2.76 bits per heavy atom. The van der Waals surface area contributed by atoms with E-state index in [4.69, 9.17) is 0 Å². The van der Waals surface area contributed by atoms with E-state index in [1.807, 2.05) is 42.7 Å². The summed E-state index contributed by atoms with van der Waals surface area (Å²) in [4.78, 5) is 10.8. The van der Waals surface area contributed by atoms with E-state index in [-0.39, 0.29) is 11.7 Å². The number of aromatic nitrogens is 1. The molecular formula is C17H19FN2O. The normalized spacial score (nSPS) is 11.0. The van der Waals surface area contributed by atoms with Crippen molar-refractivity contribution in [3.05, 3.63) is 59.2 Å². The molecular weight excluding hydrogens is 267 g/mol. The summed E-state index contributed by atoms with van der Waals surface area (Å²) in [5, 5.41) is 2.71. The first kappa shape index (κ1) is 15.0. The maximum absolute atomic E-state index is 13.4. The van der Waals surface area contributed by atoms with Crippen molar-refractivity contribution in [2.24, 2.45) is 0 Å². The van der Waals surface area contributed by atoms with E-state index >= 15 is 0 Å². The van der Waals surface area contributed by atoms with Crippen molar-refractivity contribution in [1.29, 1.82) is 0 Å². The van der Waals surface area contributed by atoms with Crippen LogP contribution in [0.25, 0.3) is 11.8 Å². The molecule has 110 valence electrons. The molecule has 1 N–H and O–H groups in total. The standard InChI is InChI=1S/C17H19FN2O/c1-12-10-15(6-5-9-19-14(3)21)13(2)20(12)17-8-4-7-16(18)11-17/h4-8,10-11H,9H2,1-3H3,(H,19,21). The molecule has 1 aromatic carbocycles. The fourth-order valence-electron chi connectivity index (χ4n) is 2.36.